The SMILES string of the molecule is Cc1ccc(NCCCCOc2ccc(Cl)cc2)cc1. The summed E-state index contributed by atoms with van der Waals surface area (Å²) >= 11 is 5.82. The van der Waals surface area contributed by atoms with Crippen LogP contribution in [0.25, 0.3) is 0 Å². The van der Waals surface area contributed by atoms with Crippen LogP contribution in [0, 0.1) is 6.92 Å². The van der Waals surface area contributed by atoms with Gasteiger partial charge in [-0.2, -0.15) is 0 Å². The highest BCUT2D eigenvalue weighted by atomic mass is 35.5. The molecule has 0 radical (unpaired) electrons. The largest absolute Gasteiger partial charge is 0.494 e. The van der Waals surface area contributed by atoms with Gasteiger partial charge in [-0.05, 0) is 56.2 Å². The highest BCUT2D eigenvalue weighted by Gasteiger charge is 1.95. The number of anilines is 1. The third-order valence-corrected chi connectivity index (χ3v) is 3.29. The van der Waals surface area contributed by atoms with E-state index >= 15 is 0 Å². The van der Waals surface area contributed by atoms with Crippen LogP contribution in [0.4, 0.5) is 5.69 Å². The summed E-state index contributed by atoms with van der Waals surface area (Å²) in [7, 11) is 0. The molecule has 0 aromatic heterocycles. The second-order valence-electron chi connectivity index (χ2n) is 4.80. The Morgan fingerprint density at radius 2 is 1.65 bits per heavy atom. The molecule has 106 valence electrons. The van der Waals surface area contributed by atoms with Crippen molar-refractivity contribution in [1.29, 1.82) is 0 Å². The summed E-state index contributed by atoms with van der Waals surface area (Å²) in [5.74, 6) is 0.876. The first kappa shape index (κ1) is 14.7. The molecular weight excluding hydrogens is 270 g/mol. The van der Waals surface area contributed by atoms with E-state index in [4.69, 9.17) is 16.3 Å². The summed E-state index contributed by atoms with van der Waals surface area (Å²) in [4.78, 5) is 0. The predicted octanol–water partition coefficient (Wildman–Crippen LogP) is 4.92. The fourth-order valence-electron chi connectivity index (χ4n) is 1.85. The number of halogens is 1. The van der Waals surface area contributed by atoms with E-state index < -0.39 is 0 Å². The van der Waals surface area contributed by atoms with E-state index in [1.165, 1.54) is 11.3 Å². The summed E-state index contributed by atoms with van der Waals surface area (Å²) in [6, 6.07) is 15.9. The molecule has 2 nitrogen and oxygen atoms in total. The molecule has 0 fully saturated rings. The van der Waals surface area contributed by atoms with E-state index in [9.17, 15) is 0 Å². The maximum Gasteiger partial charge on any atom is 0.119 e. The lowest BCUT2D eigenvalue weighted by Gasteiger charge is -2.08. The Labute approximate surface area is 125 Å². The van der Waals surface area contributed by atoms with E-state index in [2.05, 4.69) is 36.5 Å². The summed E-state index contributed by atoms with van der Waals surface area (Å²) in [6.45, 7) is 3.79. The summed E-state index contributed by atoms with van der Waals surface area (Å²) < 4.78 is 5.64. The van der Waals surface area contributed by atoms with Gasteiger partial charge < -0.3 is 10.1 Å². The van der Waals surface area contributed by atoms with Crippen molar-refractivity contribution in [2.24, 2.45) is 0 Å². The van der Waals surface area contributed by atoms with E-state index in [0.717, 1.165) is 36.8 Å². The molecule has 0 atom stereocenters. The number of nitrogens with one attached hydrogen (secondary N) is 1. The van der Waals surface area contributed by atoms with Gasteiger partial charge in [0.25, 0.3) is 0 Å². The zero-order valence-electron chi connectivity index (χ0n) is 11.7. The van der Waals surface area contributed by atoms with E-state index in [0.29, 0.717) is 0 Å². The molecule has 0 bridgehead atoms. The quantitative estimate of drug-likeness (QED) is 0.731. The molecule has 20 heavy (non-hydrogen) atoms. The highest BCUT2D eigenvalue weighted by Crippen LogP contribution is 2.15. The minimum Gasteiger partial charge on any atom is -0.494 e. The number of aryl methyl sites for hydroxylation is 1. The average Bonchev–Trinajstić information content (AvgIpc) is 2.46. The average molecular weight is 290 g/mol. The van der Waals surface area contributed by atoms with Gasteiger partial charge in [0.1, 0.15) is 5.75 Å². The maximum absolute atomic E-state index is 5.82. The topological polar surface area (TPSA) is 21.3 Å². The predicted molar refractivity (Wildman–Crippen MR) is 85.8 cm³/mol. The highest BCUT2D eigenvalue weighted by molar-refractivity contribution is 6.30. The summed E-state index contributed by atoms with van der Waals surface area (Å²) in [5.41, 5.74) is 2.46. The normalized spacial score (nSPS) is 10.3. The smallest absolute Gasteiger partial charge is 0.119 e. The third-order valence-electron chi connectivity index (χ3n) is 3.03. The molecule has 0 unspecified atom stereocenters. The molecule has 0 heterocycles. The van der Waals surface area contributed by atoms with Crippen molar-refractivity contribution in [1.82, 2.24) is 0 Å². The summed E-state index contributed by atoms with van der Waals surface area (Å²) in [5, 5.41) is 4.14. The van der Waals surface area contributed by atoms with Crippen molar-refractivity contribution in [2.45, 2.75) is 19.8 Å². The molecule has 0 aliphatic rings. The third kappa shape index (κ3) is 5.14. The van der Waals surface area contributed by atoms with Gasteiger partial charge >= 0.3 is 0 Å². The van der Waals surface area contributed by atoms with Gasteiger partial charge in [0.15, 0.2) is 0 Å². The standard InChI is InChI=1S/C17H20ClNO/c1-14-4-8-16(9-5-14)19-12-2-3-13-20-17-10-6-15(18)7-11-17/h4-11,19H,2-3,12-13H2,1H3. The van der Waals surface area contributed by atoms with Crippen LogP contribution in [-0.2, 0) is 0 Å². The first-order chi connectivity index (χ1) is 9.74. The summed E-state index contributed by atoms with van der Waals surface area (Å²) in [6.07, 6.45) is 2.11. The van der Waals surface area contributed by atoms with Crippen molar-refractivity contribution in [3.63, 3.8) is 0 Å². The van der Waals surface area contributed by atoms with Crippen molar-refractivity contribution in [2.75, 3.05) is 18.5 Å². The monoisotopic (exact) mass is 289 g/mol. The van der Waals surface area contributed by atoms with Gasteiger partial charge in [0.05, 0.1) is 6.61 Å². The molecular formula is C17H20ClNO. The van der Waals surface area contributed by atoms with Crippen molar-refractivity contribution in [3.8, 4) is 5.75 Å². The van der Waals surface area contributed by atoms with Gasteiger partial charge in [0, 0.05) is 17.3 Å². The van der Waals surface area contributed by atoms with Gasteiger partial charge in [0.2, 0.25) is 0 Å². The lowest BCUT2D eigenvalue weighted by molar-refractivity contribution is 0.308. The molecule has 0 spiro atoms. The van der Waals surface area contributed by atoms with Gasteiger partial charge in [-0.3, -0.25) is 0 Å². The van der Waals surface area contributed by atoms with Crippen LogP contribution in [0.3, 0.4) is 0 Å². The second kappa shape index (κ2) is 7.81. The molecule has 3 heteroatoms. The van der Waals surface area contributed by atoms with Crippen LogP contribution in [0.15, 0.2) is 48.5 Å². The number of rotatable bonds is 7. The lowest BCUT2D eigenvalue weighted by atomic mass is 10.2. The van der Waals surface area contributed by atoms with Crippen molar-refractivity contribution in [3.05, 3.63) is 59.1 Å². The van der Waals surface area contributed by atoms with Gasteiger partial charge in [-0.1, -0.05) is 29.3 Å². The Kier molecular flexibility index (Phi) is 5.75. The molecule has 0 amide bonds. The zero-order valence-corrected chi connectivity index (χ0v) is 12.5. The Bertz CT molecular complexity index is 458. The number of unbranched alkanes of at least 4 members (excludes halogenated alkanes) is 1. The molecule has 2 aromatic carbocycles. The minimum atomic E-state index is 0.733. The van der Waals surface area contributed by atoms with Crippen LogP contribution in [0.2, 0.25) is 5.02 Å². The first-order valence-electron chi connectivity index (χ1n) is 6.93. The Hall–Kier alpha value is -1.67. The Morgan fingerprint density at radius 1 is 0.950 bits per heavy atom. The molecule has 2 rings (SSSR count). The van der Waals surface area contributed by atoms with Crippen molar-refractivity contribution >= 4 is 17.3 Å². The van der Waals surface area contributed by atoms with Crippen LogP contribution in [-0.4, -0.2) is 13.2 Å². The lowest BCUT2D eigenvalue weighted by Crippen LogP contribution is -2.04. The van der Waals surface area contributed by atoms with Crippen LogP contribution in [0.1, 0.15) is 18.4 Å². The maximum atomic E-state index is 5.82. The number of hydrogen-bond donors (Lipinski definition) is 1. The van der Waals surface area contributed by atoms with Crippen molar-refractivity contribution < 1.29 is 4.74 Å². The molecule has 2 aromatic rings. The number of hydrogen-bond acceptors (Lipinski definition) is 2. The Balaban J connectivity index is 1.57. The van der Waals surface area contributed by atoms with Crippen LogP contribution in [0.5, 0.6) is 5.75 Å². The van der Waals surface area contributed by atoms with E-state index in [1.807, 2.05) is 24.3 Å². The van der Waals surface area contributed by atoms with Crippen LogP contribution < -0.4 is 10.1 Å². The molecule has 0 aliphatic carbocycles. The van der Waals surface area contributed by atoms with Gasteiger partial charge in [-0.25, -0.2) is 0 Å². The minimum absolute atomic E-state index is 0.733. The number of benzene rings is 2. The first-order valence-corrected chi connectivity index (χ1v) is 7.31. The molecule has 0 saturated carbocycles. The van der Waals surface area contributed by atoms with E-state index in [-0.39, 0.29) is 0 Å². The van der Waals surface area contributed by atoms with Gasteiger partial charge in [-0.15, -0.1) is 0 Å². The molecule has 0 saturated heterocycles. The zero-order chi connectivity index (χ0) is 14.2. The Morgan fingerprint density at radius 3 is 2.35 bits per heavy atom. The van der Waals surface area contributed by atoms with Crippen LogP contribution >= 0.6 is 11.6 Å². The fourth-order valence-corrected chi connectivity index (χ4v) is 1.98. The second-order valence-corrected chi connectivity index (χ2v) is 5.24. The fraction of sp³-hybridized carbons (Fsp3) is 0.294. The molecule has 1 N–H and O–H groups in total. The number of ether oxygens (including phenoxy) is 1. The molecule has 0 aliphatic heterocycles. The van der Waals surface area contributed by atoms with E-state index in [1.54, 1.807) is 0 Å².